The number of carbonyl (C=O) groups is 1. The Hall–Kier alpha value is -2.04. The van der Waals surface area contributed by atoms with E-state index in [4.69, 9.17) is 11.6 Å². The third kappa shape index (κ3) is 5.02. The molecule has 0 aliphatic heterocycles. The lowest BCUT2D eigenvalue weighted by atomic mass is 10.3. The number of benzene rings is 1. The van der Waals surface area contributed by atoms with Crippen LogP contribution in [0.3, 0.4) is 0 Å². The van der Waals surface area contributed by atoms with Crippen molar-refractivity contribution in [3.63, 3.8) is 0 Å². The molecule has 11 heteroatoms. The summed E-state index contributed by atoms with van der Waals surface area (Å²) < 4.78 is 66.9. The Balaban J connectivity index is 2.36. The number of aromatic nitrogens is 1. The molecule has 0 saturated heterocycles. The standard InChI is InChI=1S/C16H17ClF3N3O3S/c1-3-9(2)22-27(25,26)11-7-14(23(8-11)16(19)20)15(24)21-10-4-5-13(18)12(17)6-10/h4-9,16,22H,3H2,1-2H3,(H,21,24)/t9-/m1/s1. The molecule has 27 heavy (non-hydrogen) atoms. The Morgan fingerprint density at radius 1 is 1.30 bits per heavy atom. The van der Waals surface area contributed by atoms with E-state index in [2.05, 4.69) is 10.0 Å². The Bertz CT molecular complexity index is 948. The molecule has 0 radical (unpaired) electrons. The van der Waals surface area contributed by atoms with Gasteiger partial charge in [0.15, 0.2) is 0 Å². The lowest BCUT2D eigenvalue weighted by molar-refractivity contribution is 0.0648. The Labute approximate surface area is 159 Å². The van der Waals surface area contributed by atoms with Gasteiger partial charge in [-0.05, 0) is 37.6 Å². The molecule has 0 saturated carbocycles. The number of anilines is 1. The fourth-order valence-electron chi connectivity index (χ4n) is 2.13. The maximum atomic E-state index is 13.3. The lowest BCUT2D eigenvalue weighted by Crippen LogP contribution is -2.31. The third-order valence-corrected chi connectivity index (χ3v) is 5.57. The summed E-state index contributed by atoms with van der Waals surface area (Å²) in [5, 5.41) is 2.01. The number of carbonyl (C=O) groups excluding carboxylic acids is 1. The molecular weight excluding hydrogens is 407 g/mol. The summed E-state index contributed by atoms with van der Waals surface area (Å²) in [6, 6.07) is 3.72. The first-order valence-corrected chi connectivity index (χ1v) is 9.70. The van der Waals surface area contributed by atoms with E-state index in [1.54, 1.807) is 13.8 Å². The number of amides is 1. The zero-order chi connectivity index (χ0) is 20.4. The SMILES string of the molecule is CC[C@@H](C)NS(=O)(=O)c1cc(C(=O)Nc2ccc(F)c(Cl)c2)n(C(F)F)c1. The van der Waals surface area contributed by atoms with Crippen LogP contribution in [-0.2, 0) is 10.0 Å². The van der Waals surface area contributed by atoms with Crippen LogP contribution in [0.25, 0.3) is 0 Å². The van der Waals surface area contributed by atoms with Crippen LogP contribution in [0, 0.1) is 5.82 Å². The van der Waals surface area contributed by atoms with E-state index in [9.17, 15) is 26.4 Å². The van der Waals surface area contributed by atoms with Crippen LogP contribution in [0.15, 0.2) is 35.4 Å². The van der Waals surface area contributed by atoms with Crippen molar-refractivity contribution in [1.82, 2.24) is 9.29 Å². The normalized spacial score (nSPS) is 13.0. The van der Waals surface area contributed by atoms with Crippen LogP contribution < -0.4 is 10.0 Å². The molecule has 1 aromatic heterocycles. The average molecular weight is 424 g/mol. The van der Waals surface area contributed by atoms with Crippen molar-refractivity contribution in [1.29, 1.82) is 0 Å². The van der Waals surface area contributed by atoms with Crippen LogP contribution in [0.2, 0.25) is 5.02 Å². The number of nitrogens with zero attached hydrogens (tertiary/aromatic N) is 1. The molecule has 2 rings (SSSR count). The minimum Gasteiger partial charge on any atom is -0.321 e. The maximum Gasteiger partial charge on any atom is 0.319 e. The van der Waals surface area contributed by atoms with E-state index in [0.29, 0.717) is 12.6 Å². The smallest absolute Gasteiger partial charge is 0.319 e. The molecule has 0 bridgehead atoms. The van der Waals surface area contributed by atoms with Crippen LogP contribution in [0.4, 0.5) is 18.9 Å². The van der Waals surface area contributed by atoms with E-state index in [-0.39, 0.29) is 15.3 Å². The molecule has 1 atom stereocenters. The molecule has 0 aliphatic rings. The van der Waals surface area contributed by atoms with Crippen LogP contribution in [0.5, 0.6) is 0 Å². The van der Waals surface area contributed by atoms with Crippen molar-refractivity contribution in [2.75, 3.05) is 5.32 Å². The molecule has 2 aromatic rings. The van der Waals surface area contributed by atoms with E-state index < -0.39 is 44.9 Å². The molecule has 0 aliphatic carbocycles. The molecule has 1 aromatic carbocycles. The first-order valence-electron chi connectivity index (χ1n) is 7.84. The molecule has 2 N–H and O–H groups in total. The number of sulfonamides is 1. The summed E-state index contributed by atoms with van der Waals surface area (Å²) >= 11 is 5.61. The van der Waals surface area contributed by atoms with E-state index >= 15 is 0 Å². The zero-order valence-corrected chi connectivity index (χ0v) is 15.9. The summed E-state index contributed by atoms with van der Waals surface area (Å²) in [7, 11) is -4.08. The fraction of sp³-hybridized carbons (Fsp3) is 0.312. The lowest BCUT2D eigenvalue weighted by Gasteiger charge is -2.10. The average Bonchev–Trinajstić information content (AvgIpc) is 3.04. The van der Waals surface area contributed by atoms with Crippen molar-refractivity contribution in [2.45, 2.75) is 37.8 Å². The first kappa shape index (κ1) is 21.3. The molecule has 1 amide bonds. The van der Waals surface area contributed by atoms with Crippen LogP contribution in [-0.4, -0.2) is 24.9 Å². The van der Waals surface area contributed by atoms with Gasteiger partial charge in [0.25, 0.3) is 5.91 Å². The van der Waals surface area contributed by atoms with Gasteiger partial charge >= 0.3 is 6.55 Å². The Kier molecular flexibility index (Phi) is 6.55. The summed E-state index contributed by atoms with van der Waals surface area (Å²) in [5.41, 5.74) is -0.509. The quantitative estimate of drug-likeness (QED) is 0.706. The van der Waals surface area contributed by atoms with Crippen molar-refractivity contribution >= 4 is 33.2 Å². The number of hydrogen-bond donors (Lipinski definition) is 2. The van der Waals surface area contributed by atoms with Gasteiger partial charge in [-0.2, -0.15) is 8.78 Å². The minimum absolute atomic E-state index is 0.0653. The number of nitrogens with one attached hydrogen (secondary N) is 2. The Morgan fingerprint density at radius 3 is 2.52 bits per heavy atom. The Morgan fingerprint density at radius 2 is 1.96 bits per heavy atom. The van der Waals surface area contributed by atoms with Gasteiger partial charge in [-0.3, -0.25) is 9.36 Å². The number of alkyl halides is 2. The zero-order valence-electron chi connectivity index (χ0n) is 14.3. The largest absolute Gasteiger partial charge is 0.321 e. The topological polar surface area (TPSA) is 80.2 Å². The fourth-order valence-corrected chi connectivity index (χ4v) is 3.66. The molecule has 1 heterocycles. The van der Waals surface area contributed by atoms with Gasteiger partial charge in [0.1, 0.15) is 16.4 Å². The molecular formula is C16H17ClF3N3O3S. The van der Waals surface area contributed by atoms with Crippen molar-refractivity contribution in [2.24, 2.45) is 0 Å². The van der Waals surface area contributed by atoms with Gasteiger partial charge in [0, 0.05) is 17.9 Å². The highest BCUT2D eigenvalue weighted by Crippen LogP contribution is 2.24. The van der Waals surface area contributed by atoms with Crippen molar-refractivity contribution in [3.8, 4) is 0 Å². The van der Waals surface area contributed by atoms with Gasteiger partial charge in [-0.15, -0.1) is 0 Å². The van der Waals surface area contributed by atoms with Crippen molar-refractivity contribution < 1.29 is 26.4 Å². The molecule has 0 unspecified atom stereocenters. The molecule has 0 spiro atoms. The van der Waals surface area contributed by atoms with E-state index in [0.717, 1.165) is 18.2 Å². The highest BCUT2D eigenvalue weighted by Gasteiger charge is 2.26. The third-order valence-electron chi connectivity index (χ3n) is 3.72. The highest BCUT2D eigenvalue weighted by atomic mass is 35.5. The maximum absolute atomic E-state index is 13.3. The van der Waals surface area contributed by atoms with Gasteiger partial charge in [-0.1, -0.05) is 18.5 Å². The van der Waals surface area contributed by atoms with Crippen molar-refractivity contribution in [3.05, 3.63) is 47.0 Å². The second kappa shape index (κ2) is 8.32. The number of hydrogen-bond acceptors (Lipinski definition) is 3. The van der Waals surface area contributed by atoms with Gasteiger partial charge in [0.05, 0.1) is 5.02 Å². The summed E-state index contributed by atoms with van der Waals surface area (Å²) in [4.78, 5) is 11.9. The van der Waals surface area contributed by atoms with Gasteiger partial charge in [0.2, 0.25) is 10.0 Å². The highest BCUT2D eigenvalue weighted by molar-refractivity contribution is 7.89. The first-order chi connectivity index (χ1) is 12.5. The number of halogens is 4. The second-order valence-corrected chi connectivity index (χ2v) is 7.88. The predicted octanol–water partition coefficient (Wildman–Crippen LogP) is 4.00. The summed E-state index contributed by atoms with van der Waals surface area (Å²) in [6.07, 6.45) is 1.18. The van der Waals surface area contributed by atoms with Gasteiger partial charge in [-0.25, -0.2) is 17.5 Å². The minimum atomic E-state index is -4.08. The van der Waals surface area contributed by atoms with Crippen LogP contribution in [0.1, 0.15) is 37.3 Å². The predicted molar refractivity (Wildman–Crippen MR) is 95.1 cm³/mol. The van der Waals surface area contributed by atoms with Crippen LogP contribution >= 0.6 is 11.6 Å². The molecule has 6 nitrogen and oxygen atoms in total. The summed E-state index contributed by atoms with van der Waals surface area (Å²) in [6.45, 7) is 0.229. The molecule has 0 fully saturated rings. The molecule has 148 valence electrons. The van der Waals surface area contributed by atoms with Gasteiger partial charge < -0.3 is 5.32 Å². The number of rotatable bonds is 7. The monoisotopic (exact) mass is 423 g/mol. The van der Waals surface area contributed by atoms with E-state index in [1.807, 2.05) is 0 Å². The summed E-state index contributed by atoms with van der Waals surface area (Å²) in [5.74, 6) is -1.71. The second-order valence-electron chi connectivity index (χ2n) is 5.76. The van der Waals surface area contributed by atoms with E-state index in [1.165, 1.54) is 6.07 Å².